The summed E-state index contributed by atoms with van der Waals surface area (Å²) in [5.74, 6) is 2.28. The summed E-state index contributed by atoms with van der Waals surface area (Å²) in [7, 11) is 0. The van der Waals surface area contributed by atoms with Crippen molar-refractivity contribution in [1.29, 1.82) is 0 Å². The molecule has 0 saturated carbocycles. The quantitative estimate of drug-likeness (QED) is 0.443. The first kappa shape index (κ1) is 20.3. The Morgan fingerprint density at radius 3 is 2.58 bits per heavy atom. The average Bonchev–Trinajstić information content (AvgIpc) is 3.27. The molecule has 0 aliphatic carbocycles. The Labute approximate surface area is 180 Å². The van der Waals surface area contributed by atoms with Crippen LogP contribution >= 0.6 is 0 Å². The van der Waals surface area contributed by atoms with Gasteiger partial charge in [-0.25, -0.2) is 5.43 Å². The molecule has 0 fully saturated rings. The van der Waals surface area contributed by atoms with E-state index in [1.807, 2.05) is 36.4 Å². The summed E-state index contributed by atoms with van der Waals surface area (Å²) in [5.41, 5.74) is 4.35. The van der Waals surface area contributed by atoms with Crippen molar-refractivity contribution < 1.29 is 23.7 Å². The van der Waals surface area contributed by atoms with Gasteiger partial charge >= 0.3 is 0 Å². The zero-order chi connectivity index (χ0) is 21.5. The summed E-state index contributed by atoms with van der Waals surface area (Å²) < 4.78 is 22.0. The number of nitrogens with one attached hydrogen (secondary N) is 1. The fraction of sp³-hybridized carbons (Fsp3) is 0.167. The van der Waals surface area contributed by atoms with Crippen LogP contribution in [0.4, 0.5) is 0 Å². The van der Waals surface area contributed by atoms with Crippen molar-refractivity contribution in [2.24, 2.45) is 5.10 Å². The van der Waals surface area contributed by atoms with Gasteiger partial charge in [0.15, 0.2) is 17.6 Å². The molecular weight excluding hydrogens is 396 g/mol. The highest BCUT2D eigenvalue weighted by Gasteiger charge is 2.15. The number of carbonyl (C=O) groups excluding carboxylic acids is 1. The summed E-state index contributed by atoms with van der Waals surface area (Å²) in [6.07, 6.45) is 0.816. The van der Waals surface area contributed by atoms with E-state index in [-0.39, 0.29) is 12.7 Å². The summed E-state index contributed by atoms with van der Waals surface area (Å²) in [5, 5.41) is 3.98. The van der Waals surface area contributed by atoms with E-state index in [4.69, 9.17) is 18.9 Å². The van der Waals surface area contributed by atoms with Crippen LogP contribution in [0.1, 0.15) is 18.1 Å². The standard InChI is InChI=1S/C24H22N2O5/c1-17(24(27)26-25-14-19-7-12-22-23(13-19)30-16-29-22)31-21-10-8-20(9-11-21)28-15-18-5-3-2-4-6-18/h2-14,17H,15-16H2,1H3,(H,26,27)/b25-14-/t17-/m0/s1. The van der Waals surface area contributed by atoms with Gasteiger partial charge in [-0.15, -0.1) is 0 Å². The fourth-order valence-corrected chi connectivity index (χ4v) is 2.87. The Hall–Kier alpha value is -4.00. The first-order valence-corrected chi connectivity index (χ1v) is 9.83. The van der Waals surface area contributed by atoms with Gasteiger partial charge in [-0.2, -0.15) is 5.10 Å². The van der Waals surface area contributed by atoms with Crippen LogP contribution in [0.25, 0.3) is 0 Å². The zero-order valence-corrected chi connectivity index (χ0v) is 17.0. The van der Waals surface area contributed by atoms with Crippen molar-refractivity contribution in [2.75, 3.05) is 6.79 Å². The minimum atomic E-state index is -0.718. The summed E-state index contributed by atoms with van der Waals surface area (Å²) in [6.45, 7) is 2.36. The summed E-state index contributed by atoms with van der Waals surface area (Å²) in [4.78, 5) is 12.2. The minimum absolute atomic E-state index is 0.210. The largest absolute Gasteiger partial charge is 0.489 e. The number of hydrogen-bond donors (Lipinski definition) is 1. The lowest BCUT2D eigenvalue weighted by atomic mass is 10.2. The van der Waals surface area contributed by atoms with Gasteiger partial charge in [0.25, 0.3) is 5.91 Å². The third-order valence-electron chi connectivity index (χ3n) is 4.54. The molecule has 0 radical (unpaired) electrons. The molecule has 7 nitrogen and oxygen atoms in total. The van der Waals surface area contributed by atoms with Gasteiger partial charge in [0.2, 0.25) is 6.79 Å². The molecule has 31 heavy (non-hydrogen) atoms. The lowest BCUT2D eigenvalue weighted by molar-refractivity contribution is -0.127. The van der Waals surface area contributed by atoms with Crippen LogP contribution in [-0.4, -0.2) is 25.0 Å². The fourth-order valence-electron chi connectivity index (χ4n) is 2.87. The molecule has 0 spiro atoms. The van der Waals surface area contributed by atoms with Crippen LogP contribution < -0.4 is 24.4 Å². The van der Waals surface area contributed by atoms with Gasteiger partial charge < -0.3 is 18.9 Å². The minimum Gasteiger partial charge on any atom is -0.489 e. The second kappa shape index (κ2) is 9.67. The molecule has 0 saturated heterocycles. The van der Waals surface area contributed by atoms with Gasteiger partial charge in [0.1, 0.15) is 18.1 Å². The highest BCUT2D eigenvalue weighted by molar-refractivity contribution is 5.85. The van der Waals surface area contributed by atoms with Gasteiger partial charge in [-0.3, -0.25) is 4.79 Å². The van der Waals surface area contributed by atoms with Crippen molar-refractivity contribution in [3.8, 4) is 23.0 Å². The normalized spacial score (nSPS) is 13.1. The highest BCUT2D eigenvalue weighted by Crippen LogP contribution is 2.31. The van der Waals surface area contributed by atoms with Crippen molar-refractivity contribution in [3.05, 3.63) is 83.9 Å². The number of rotatable bonds is 8. The van der Waals surface area contributed by atoms with Crippen molar-refractivity contribution in [1.82, 2.24) is 5.43 Å². The number of hydrogen-bond acceptors (Lipinski definition) is 6. The predicted molar refractivity (Wildman–Crippen MR) is 116 cm³/mol. The second-order valence-electron chi connectivity index (χ2n) is 6.85. The van der Waals surface area contributed by atoms with E-state index < -0.39 is 6.10 Å². The SMILES string of the molecule is C[C@H](Oc1ccc(OCc2ccccc2)cc1)C(=O)N/N=C\c1ccc2c(c1)OCO2. The van der Waals surface area contributed by atoms with Crippen LogP contribution in [0.3, 0.4) is 0 Å². The maximum absolute atomic E-state index is 12.2. The van der Waals surface area contributed by atoms with Crippen molar-refractivity contribution >= 4 is 12.1 Å². The van der Waals surface area contributed by atoms with Crippen molar-refractivity contribution in [2.45, 2.75) is 19.6 Å². The van der Waals surface area contributed by atoms with Gasteiger partial charge in [-0.05, 0) is 60.5 Å². The van der Waals surface area contributed by atoms with E-state index in [0.717, 1.165) is 16.9 Å². The molecule has 4 rings (SSSR count). The first-order valence-electron chi connectivity index (χ1n) is 9.83. The monoisotopic (exact) mass is 418 g/mol. The Kier molecular flexibility index (Phi) is 6.32. The van der Waals surface area contributed by atoms with Crippen LogP contribution in [-0.2, 0) is 11.4 Å². The molecule has 158 valence electrons. The molecule has 1 amide bonds. The molecular formula is C24H22N2O5. The first-order chi connectivity index (χ1) is 15.2. The van der Waals surface area contributed by atoms with E-state index >= 15 is 0 Å². The number of nitrogens with zero attached hydrogens (tertiary/aromatic N) is 1. The molecule has 7 heteroatoms. The van der Waals surface area contributed by atoms with Crippen molar-refractivity contribution in [3.63, 3.8) is 0 Å². The maximum Gasteiger partial charge on any atom is 0.280 e. The van der Waals surface area contributed by atoms with E-state index in [1.165, 1.54) is 6.21 Å². The van der Waals surface area contributed by atoms with Crippen LogP contribution in [0.5, 0.6) is 23.0 Å². The number of hydrazone groups is 1. The number of carbonyl (C=O) groups is 1. The smallest absolute Gasteiger partial charge is 0.280 e. The average molecular weight is 418 g/mol. The molecule has 0 unspecified atom stereocenters. The molecule has 3 aromatic rings. The number of ether oxygens (including phenoxy) is 4. The zero-order valence-electron chi connectivity index (χ0n) is 17.0. The lowest BCUT2D eigenvalue weighted by Gasteiger charge is -2.13. The Morgan fingerprint density at radius 1 is 1.03 bits per heavy atom. The van der Waals surface area contributed by atoms with E-state index in [1.54, 1.807) is 43.3 Å². The number of fused-ring (bicyclic) bond motifs is 1. The van der Waals surface area contributed by atoms with Crippen LogP contribution in [0, 0.1) is 0 Å². The summed E-state index contributed by atoms with van der Waals surface area (Å²) in [6, 6.07) is 22.5. The molecule has 3 aromatic carbocycles. The van der Waals surface area contributed by atoms with Gasteiger partial charge in [0.05, 0.1) is 6.21 Å². The highest BCUT2D eigenvalue weighted by atomic mass is 16.7. The van der Waals surface area contributed by atoms with E-state index in [0.29, 0.717) is 23.9 Å². The molecule has 0 aromatic heterocycles. The molecule has 1 atom stereocenters. The summed E-state index contributed by atoms with van der Waals surface area (Å²) >= 11 is 0. The molecule has 1 aliphatic rings. The third-order valence-corrected chi connectivity index (χ3v) is 4.54. The van der Waals surface area contributed by atoms with Gasteiger partial charge in [0, 0.05) is 0 Å². The lowest BCUT2D eigenvalue weighted by Crippen LogP contribution is -2.33. The third kappa shape index (κ3) is 5.54. The number of benzene rings is 3. The van der Waals surface area contributed by atoms with Crippen LogP contribution in [0.15, 0.2) is 77.9 Å². The Morgan fingerprint density at radius 2 is 1.77 bits per heavy atom. The molecule has 1 heterocycles. The Balaban J connectivity index is 1.24. The maximum atomic E-state index is 12.2. The molecule has 1 aliphatic heterocycles. The van der Waals surface area contributed by atoms with E-state index in [2.05, 4.69) is 10.5 Å². The predicted octanol–water partition coefficient (Wildman–Crippen LogP) is 3.91. The second-order valence-corrected chi connectivity index (χ2v) is 6.85. The number of amides is 1. The molecule has 0 bridgehead atoms. The van der Waals surface area contributed by atoms with E-state index in [9.17, 15) is 4.79 Å². The molecule has 1 N–H and O–H groups in total. The van der Waals surface area contributed by atoms with Crippen LogP contribution in [0.2, 0.25) is 0 Å². The topological polar surface area (TPSA) is 78.4 Å². The van der Waals surface area contributed by atoms with Gasteiger partial charge in [-0.1, -0.05) is 30.3 Å². The Bertz CT molecular complexity index is 1050.